The molecule has 0 saturated heterocycles. The second kappa shape index (κ2) is 21.2. The second-order valence-electron chi connectivity index (χ2n) is 10.6. The van der Waals surface area contributed by atoms with Crippen molar-refractivity contribution in [3.8, 4) is 0 Å². The zero-order valence-electron chi connectivity index (χ0n) is 26.0. The van der Waals surface area contributed by atoms with E-state index in [1.807, 2.05) is 60.7 Å². The van der Waals surface area contributed by atoms with Gasteiger partial charge >= 0.3 is 16.5 Å². The van der Waals surface area contributed by atoms with Gasteiger partial charge in [0.2, 0.25) is 11.4 Å². The first-order valence-corrected chi connectivity index (χ1v) is 15.6. The van der Waals surface area contributed by atoms with E-state index in [-0.39, 0.29) is 16.5 Å². The monoisotopic (exact) mass is 612 g/mol. The molecule has 0 spiro atoms. The first-order valence-electron chi connectivity index (χ1n) is 15.6. The number of hydrogen-bond acceptors (Lipinski definition) is 0. The third kappa shape index (κ3) is 12.3. The van der Waals surface area contributed by atoms with Gasteiger partial charge in [0.05, 0.1) is 0 Å². The Kier molecular flexibility index (Phi) is 17.6. The molecule has 0 saturated carbocycles. The molecular formula is C40H46N2Ni. The molecule has 1 aliphatic rings. The quantitative estimate of drug-likeness (QED) is 0.0914. The summed E-state index contributed by atoms with van der Waals surface area (Å²) >= 11 is 0. The van der Waals surface area contributed by atoms with E-state index < -0.39 is 0 Å². The molecule has 1 aliphatic heterocycles. The van der Waals surface area contributed by atoms with Gasteiger partial charge in [0.1, 0.15) is 0 Å². The van der Waals surface area contributed by atoms with Gasteiger partial charge in [-0.25, -0.2) is 4.70 Å². The van der Waals surface area contributed by atoms with Crippen molar-refractivity contribution < 1.29 is 21.2 Å². The topological polar surface area (TPSA) is 25.3 Å². The van der Waals surface area contributed by atoms with E-state index in [0.29, 0.717) is 0 Å². The van der Waals surface area contributed by atoms with Crippen LogP contribution in [0.25, 0.3) is 16.9 Å². The molecular weight excluding hydrogens is 567 g/mol. The molecule has 0 atom stereocenters. The molecule has 3 heteroatoms. The molecule has 0 fully saturated rings. The molecule has 0 bridgehead atoms. The average Bonchev–Trinajstić information content (AvgIpc) is 3.40. The Bertz CT molecular complexity index is 1310. The van der Waals surface area contributed by atoms with Crippen molar-refractivity contribution in [2.45, 2.75) is 78.6 Å². The molecule has 5 rings (SSSR count). The third-order valence-corrected chi connectivity index (χ3v) is 7.13. The number of unbranched alkanes of at least 4 members (excludes halogenated alkanes) is 3. The fraction of sp³-hybridized carbons (Fsp3) is 0.300. The summed E-state index contributed by atoms with van der Waals surface area (Å²) in [4.78, 5) is 0. The fourth-order valence-electron chi connectivity index (χ4n) is 4.83. The summed E-state index contributed by atoms with van der Waals surface area (Å²) in [5.74, 6) is 0. The minimum Gasteiger partial charge on any atom is -0.493 e. The van der Waals surface area contributed by atoms with Crippen LogP contribution in [0.5, 0.6) is 0 Å². The average molecular weight is 614 g/mol. The van der Waals surface area contributed by atoms with Crippen molar-refractivity contribution >= 4 is 11.4 Å². The summed E-state index contributed by atoms with van der Waals surface area (Å²) < 4.78 is 1.43. The van der Waals surface area contributed by atoms with Crippen LogP contribution in [0.15, 0.2) is 121 Å². The number of aryl methyl sites for hydroxylation is 2. The van der Waals surface area contributed by atoms with Crippen LogP contribution in [-0.2, 0) is 29.3 Å². The molecule has 1 heterocycles. The number of allylic oxidation sites excluding steroid dienone is 2. The van der Waals surface area contributed by atoms with Crippen LogP contribution in [0, 0.1) is 12.1 Å². The molecule has 4 aromatic carbocycles. The Morgan fingerprint density at radius 3 is 1.49 bits per heavy atom. The van der Waals surface area contributed by atoms with Gasteiger partial charge in [0.15, 0.2) is 0 Å². The van der Waals surface area contributed by atoms with Gasteiger partial charge in [-0.3, -0.25) is 0 Å². The van der Waals surface area contributed by atoms with Crippen molar-refractivity contribution in [1.82, 2.24) is 0 Å². The van der Waals surface area contributed by atoms with Crippen molar-refractivity contribution in [2.24, 2.45) is 0 Å². The van der Waals surface area contributed by atoms with Crippen LogP contribution >= 0.6 is 0 Å². The van der Waals surface area contributed by atoms with Gasteiger partial charge in [-0.05, 0) is 73.9 Å². The van der Waals surface area contributed by atoms with E-state index in [1.165, 1.54) is 47.1 Å². The molecule has 0 radical (unpaired) electrons. The van der Waals surface area contributed by atoms with E-state index in [1.54, 1.807) is 0 Å². The van der Waals surface area contributed by atoms with Gasteiger partial charge < -0.3 is 5.53 Å². The van der Waals surface area contributed by atoms with Crippen LogP contribution in [0.1, 0.15) is 88.0 Å². The Hall–Kier alpha value is -3.55. The van der Waals surface area contributed by atoms with Gasteiger partial charge in [-0.1, -0.05) is 64.3 Å². The van der Waals surface area contributed by atoms with Crippen LogP contribution in [0.4, 0.5) is 0 Å². The van der Waals surface area contributed by atoms with Crippen molar-refractivity contribution in [3.63, 3.8) is 0 Å². The summed E-state index contributed by atoms with van der Waals surface area (Å²) in [5, 5.41) is 0. The van der Waals surface area contributed by atoms with Crippen molar-refractivity contribution in [2.75, 3.05) is 0 Å². The van der Waals surface area contributed by atoms with Crippen LogP contribution in [0.3, 0.4) is 0 Å². The molecule has 0 aromatic heterocycles. The summed E-state index contributed by atoms with van der Waals surface area (Å²) in [6, 6.07) is 42.4. The second-order valence-corrected chi connectivity index (χ2v) is 10.6. The minimum absolute atomic E-state index is 0. The summed E-state index contributed by atoms with van der Waals surface area (Å²) in [7, 11) is 0. The van der Waals surface area contributed by atoms with Gasteiger partial charge in [0, 0.05) is 22.8 Å². The molecule has 2 nitrogen and oxygen atoms in total. The number of benzene rings is 4. The smallest absolute Gasteiger partial charge is 0.493 e. The zero-order valence-corrected chi connectivity index (χ0v) is 27.0. The normalized spacial score (nSPS) is 11.9. The molecule has 0 aliphatic carbocycles. The molecule has 0 N–H and O–H groups in total. The third-order valence-electron chi connectivity index (χ3n) is 7.13. The maximum absolute atomic E-state index is 11.3. The predicted octanol–water partition coefficient (Wildman–Crippen LogP) is 11.3. The van der Waals surface area contributed by atoms with E-state index in [9.17, 15) is 5.53 Å². The van der Waals surface area contributed by atoms with E-state index in [2.05, 4.69) is 87.5 Å². The van der Waals surface area contributed by atoms with Crippen LogP contribution < -0.4 is 0 Å². The minimum atomic E-state index is 0. The number of hydrogen-bond donors (Lipinski definition) is 0. The SMILES string of the molecule is CCCCC1=C(c2cccc(CCCC)c2)[N+](=[N-])C(c2cccc(CCCC)c2)=C1.[Ni+2].[c-]1ccccc1.[c-]1ccccc1. The number of rotatable bonds is 11. The largest absolute Gasteiger partial charge is 2.00 e. The Morgan fingerprint density at radius 2 is 1.05 bits per heavy atom. The maximum atomic E-state index is 11.3. The summed E-state index contributed by atoms with van der Waals surface area (Å²) in [6.45, 7) is 6.68. The van der Waals surface area contributed by atoms with E-state index in [4.69, 9.17) is 0 Å². The fourth-order valence-corrected chi connectivity index (χ4v) is 4.83. The Labute approximate surface area is 271 Å². The maximum Gasteiger partial charge on any atom is 2.00 e. The molecule has 43 heavy (non-hydrogen) atoms. The zero-order chi connectivity index (χ0) is 29.8. The van der Waals surface area contributed by atoms with Gasteiger partial charge in [-0.2, -0.15) is 72.8 Å². The van der Waals surface area contributed by atoms with Gasteiger partial charge in [-0.15, -0.1) is 0 Å². The van der Waals surface area contributed by atoms with Crippen molar-refractivity contribution in [1.29, 1.82) is 0 Å². The van der Waals surface area contributed by atoms with E-state index in [0.717, 1.165) is 54.6 Å². The molecule has 4 aromatic rings. The summed E-state index contributed by atoms with van der Waals surface area (Å²) in [6.07, 6.45) is 12.4. The first-order chi connectivity index (χ1) is 20.7. The van der Waals surface area contributed by atoms with Gasteiger partial charge in [0.25, 0.3) is 0 Å². The molecule has 0 amide bonds. The van der Waals surface area contributed by atoms with Crippen molar-refractivity contribution in [3.05, 3.63) is 161 Å². The predicted molar refractivity (Wildman–Crippen MR) is 179 cm³/mol. The molecule has 0 unspecified atom stereocenters. The Balaban J connectivity index is 0.000000409. The summed E-state index contributed by atoms with van der Waals surface area (Å²) in [5.41, 5.74) is 19.3. The standard InChI is InChI=1S/C28H36N2.2C6H5.Ni/c1-4-7-12-22-14-10-17-24(19-22)27-21-26(16-9-6-3)28(30(27)29)25-18-11-15-23(20-25)13-8-5-2;2*1-2-4-6-5-3-1;/h10-11,14-15,17-21H,4-9,12-13,16H2,1-3H3;2*1-5H;/q;2*-1;+2. The van der Waals surface area contributed by atoms with Crippen LogP contribution in [0.2, 0.25) is 0 Å². The Morgan fingerprint density at radius 1 is 0.581 bits per heavy atom. The number of nitrogens with zero attached hydrogens (tertiary/aromatic N) is 2. The van der Waals surface area contributed by atoms with E-state index >= 15 is 0 Å². The van der Waals surface area contributed by atoms with Crippen LogP contribution in [-0.4, -0.2) is 4.70 Å². The first kappa shape index (κ1) is 35.6. The molecule has 226 valence electrons.